The number of carbonyl (C=O) groups is 3. The maximum absolute atomic E-state index is 14.4. The van der Waals surface area contributed by atoms with Crippen molar-refractivity contribution in [1.29, 1.82) is 0 Å². The molecule has 12 heteroatoms. The molecule has 49 heavy (non-hydrogen) atoms. The number of ketones is 1. The van der Waals surface area contributed by atoms with E-state index in [9.17, 15) is 14.4 Å². The first kappa shape index (κ1) is 34.6. The van der Waals surface area contributed by atoms with E-state index < -0.39 is 35.3 Å². The van der Waals surface area contributed by atoms with E-state index in [0.29, 0.717) is 41.6 Å². The van der Waals surface area contributed by atoms with Crippen molar-refractivity contribution in [2.45, 2.75) is 124 Å². The van der Waals surface area contributed by atoms with Gasteiger partial charge in [0.15, 0.2) is 12.4 Å². The van der Waals surface area contributed by atoms with Gasteiger partial charge in [-0.25, -0.2) is 19.7 Å². The number of carbonyl (C=O) groups excluding carboxylic acids is 3. The molecular weight excluding hydrogens is 626 g/mol. The monoisotopic (exact) mass is 675 g/mol. The predicted octanol–water partition coefficient (Wildman–Crippen LogP) is 6.11. The van der Waals surface area contributed by atoms with Gasteiger partial charge in [0.2, 0.25) is 17.7 Å². The van der Waals surface area contributed by atoms with Crippen LogP contribution in [0.25, 0.3) is 11.0 Å². The fraction of sp³-hybridized carbons (Fsp3) is 0.622. The minimum Gasteiger partial charge on any atom is -0.484 e. The summed E-state index contributed by atoms with van der Waals surface area (Å²) in [6.07, 6.45) is 6.39. The second kappa shape index (κ2) is 13.6. The van der Waals surface area contributed by atoms with Gasteiger partial charge in [0.1, 0.15) is 35.0 Å². The lowest BCUT2D eigenvalue weighted by atomic mass is 9.85. The van der Waals surface area contributed by atoms with Crippen molar-refractivity contribution < 1.29 is 33.0 Å². The second-order valence-electron chi connectivity index (χ2n) is 15.2. The van der Waals surface area contributed by atoms with E-state index >= 15 is 0 Å². The Morgan fingerprint density at radius 1 is 1.14 bits per heavy atom. The summed E-state index contributed by atoms with van der Waals surface area (Å²) in [5.41, 5.74) is 0.875. The maximum Gasteiger partial charge on any atom is 0.408 e. The molecule has 0 spiro atoms. The molecule has 2 fully saturated rings. The van der Waals surface area contributed by atoms with E-state index in [1.165, 1.54) is 6.92 Å². The first-order valence-electron chi connectivity index (χ1n) is 17.6. The summed E-state index contributed by atoms with van der Waals surface area (Å²) in [5, 5.41) is 2.88. The molecule has 12 nitrogen and oxygen atoms in total. The molecule has 0 unspecified atom stereocenters. The Morgan fingerprint density at radius 3 is 2.63 bits per heavy atom. The van der Waals surface area contributed by atoms with Gasteiger partial charge in [0.25, 0.3) is 0 Å². The molecule has 2 aromatic heterocycles. The van der Waals surface area contributed by atoms with Gasteiger partial charge < -0.3 is 28.8 Å². The SMILES string of the molecule is CC[C@@H]1[C@@H]2CN(C(=O)[C@H](C(C)(C)C)NC(=O)O[C@]3(C)C[C@H]3CCCCCc3nc4ccc(OCc5ncc(C)o5)cc4nc3O2)[C@@H]1C(C)=O. The molecule has 1 N–H and O–H groups in total. The van der Waals surface area contributed by atoms with Crippen LogP contribution in [0, 0.1) is 24.2 Å². The highest BCUT2D eigenvalue weighted by Crippen LogP contribution is 2.50. The van der Waals surface area contributed by atoms with Gasteiger partial charge in [-0.3, -0.25) is 9.59 Å². The lowest BCUT2D eigenvalue weighted by Crippen LogP contribution is -2.57. The molecule has 1 saturated carbocycles. The highest BCUT2D eigenvalue weighted by molar-refractivity contribution is 5.92. The zero-order chi connectivity index (χ0) is 35.1. The van der Waals surface area contributed by atoms with Crippen molar-refractivity contribution in [2.75, 3.05) is 6.54 Å². The normalized spacial score (nSPS) is 28.0. The Balaban J connectivity index is 1.34. The molecule has 6 rings (SSSR count). The molecule has 0 radical (unpaired) electrons. The third-order valence-corrected chi connectivity index (χ3v) is 10.3. The van der Waals surface area contributed by atoms with Crippen LogP contribution in [0.5, 0.6) is 11.6 Å². The zero-order valence-corrected chi connectivity index (χ0v) is 29.7. The van der Waals surface area contributed by atoms with E-state index in [-0.39, 0.29) is 36.7 Å². The van der Waals surface area contributed by atoms with E-state index in [1.54, 1.807) is 11.1 Å². The number of aromatic nitrogens is 3. The third-order valence-electron chi connectivity index (χ3n) is 10.3. The second-order valence-corrected chi connectivity index (χ2v) is 15.2. The van der Waals surface area contributed by atoms with E-state index in [4.69, 9.17) is 28.6 Å². The molecule has 2 amide bonds. The molecule has 3 aliphatic rings. The van der Waals surface area contributed by atoms with Crippen molar-refractivity contribution in [2.24, 2.45) is 17.3 Å². The number of ether oxygens (including phenoxy) is 3. The number of rotatable bonds is 5. The number of hydrogen-bond donors (Lipinski definition) is 1. The Kier molecular flexibility index (Phi) is 9.61. The number of oxazole rings is 1. The lowest BCUT2D eigenvalue weighted by Gasteiger charge is -2.35. The van der Waals surface area contributed by atoms with Gasteiger partial charge >= 0.3 is 6.09 Å². The average molecular weight is 676 g/mol. The van der Waals surface area contributed by atoms with E-state index in [2.05, 4.69) is 10.3 Å². The van der Waals surface area contributed by atoms with Gasteiger partial charge in [-0.1, -0.05) is 40.5 Å². The number of nitrogens with zero attached hydrogens (tertiary/aromatic N) is 4. The number of amides is 2. The molecule has 2 bridgehead atoms. The van der Waals surface area contributed by atoms with Crippen LogP contribution in [0.15, 0.2) is 28.8 Å². The summed E-state index contributed by atoms with van der Waals surface area (Å²) in [6, 6.07) is 3.93. The number of nitrogens with one attached hydrogen (secondary N) is 1. The molecule has 6 atom stereocenters. The van der Waals surface area contributed by atoms with Crippen LogP contribution in [-0.2, 0) is 27.4 Å². The largest absolute Gasteiger partial charge is 0.484 e. The Hall–Kier alpha value is -4.22. The smallest absolute Gasteiger partial charge is 0.408 e. The van der Waals surface area contributed by atoms with Crippen molar-refractivity contribution >= 4 is 28.8 Å². The topological polar surface area (TPSA) is 146 Å². The highest BCUT2D eigenvalue weighted by atomic mass is 16.6. The van der Waals surface area contributed by atoms with Gasteiger partial charge in [0.05, 0.1) is 29.8 Å². The third kappa shape index (κ3) is 7.52. The molecule has 1 aliphatic carbocycles. The first-order chi connectivity index (χ1) is 23.3. The van der Waals surface area contributed by atoms with Gasteiger partial charge in [0, 0.05) is 17.9 Å². The average Bonchev–Trinajstić information content (AvgIpc) is 3.31. The van der Waals surface area contributed by atoms with Crippen LogP contribution < -0.4 is 14.8 Å². The summed E-state index contributed by atoms with van der Waals surface area (Å²) >= 11 is 0. The van der Waals surface area contributed by atoms with Gasteiger partial charge in [-0.2, -0.15) is 0 Å². The number of hydrogen-bond acceptors (Lipinski definition) is 10. The zero-order valence-electron chi connectivity index (χ0n) is 29.7. The van der Waals surface area contributed by atoms with Crippen molar-refractivity contribution in [3.05, 3.63) is 41.7 Å². The fourth-order valence-electron chi connectivity index (χ4n) is 7.39. The number of benzene rings is 1. The standard InChI is InChI=1S/C37H49N5O7/c1-8-25-29-19-42(31(25)22(3)43)34(44)32(36(4,5)6)41-35(45)49-37(7)17-23(37)12-10-9-11-13-27-33(48-29)40-28-16-24(14-15-26(28)39-27)46-20-30-38-18-21(2)47-30/h14-16,18,23,25,29,31-32H,8-13,17,19-20H2,1-7H3,(H,41,45)/t23-,25-,29+,31-,32-,37-/m1/s1. The highest BCUT2D eigenvalue weighted by Gasteiger charge is 2.54. The van der Waals surface area contributed by atoms with Crippen LogP contribution in [0.4, 0.5) is 4.79 Å². The van der Waals surface area contributed by atoms with E-state index in [0.717, 1.165) is 43.3 Å². The molecule has 2 aliphatic heterocycles. The van der Waals surface area contributed by atoms with Crippen LogP contribution in [-0.4, -0.2) is 68.0 Å². The summed E-state index contributed by atoms with van der Waals surface area (Å²) in [5.74, 6) is 1.70. The van der Waals surface area contributed by atoms with Crippen LogP contribution in [0.2, 0.25) is 0 Å². The number of alkyl carbamates (subject to hydrolysis) is 1. The Morgan fingerprint density at radius 2 is 1.94 bits per heavy atom. The molecule has 4 heterocycles. The minimum atomic E-state index is -0.910. The number of Topliss-reactive ketones (excluding diaryl/α,β-unsaturated/α-hetero) is 1. The first-order valence-corrected chi connectivity index (χ1v) is 17.6. The molecule has 1 saturated heterocycles. The summed E-state index contributed by atoms with van der Waals surface area (Å²) in [4.78, 5) is 56.6. The Bertz CT molecular complexity index is 1720. The van der Waals surface area contributed by atoms with Crippen LogP contribution in [0.3, 0.4) is 0 Å². The Labute approximate surface area is 287 Å². The summed E-state index contributed by atoms with van der Waals surface area (Å²) in [7, 11) is 0. The molecule has 3 aromatic rings. The van der Waals surface area contributed by atoms with E-state index in [1.807, 2.05) is 59.7 Å². The summed E-state index contributed by atoms with van der Waals surface area (Å²) < 4.78 is 24.1. The van der Waals surface area contributed by atoms with Gasteiger partial charge in [-0.05, 0) is 70.4 Å². The minimum absolute atomic E-state index is 0.131. The fourth-order valence-corrected chi connectivity index (χ4v) is 7.39. The van der Waals surface area contributed by atoms with Crippen molar-refractivity contribution in [1.82, 2.24) is 25.2 Å². The molecule has 264 valence electrons. The molecule has 1 aromatic carbocycles. The quantitative estimate of drug-likeness (QED) is 0.336. The maximum atomic E-state index is 14.4. The summed E-state index contributed by atoms with van der Waals surface area (Å²) in [6.45, 7) is 13.3. The number of aryl methyl sites for hydroxylation is 2. The van der Waals surface area contributed by atoms with Crippen LogP contribution in [0.1, 0.15) is 97.4 Å². The predicted molar refractivity (Wildman–Crippen MR) is 181 cm³/mol. The lowest BCUT2D eigenvalue weighted by molar-refractivity contribution is -0.141. The van der Waals surface area contributed by atoms with Crippen molar-refractivity contribution in [3.8, 4) is 11.6 Å². The number of fused-ring (bicyclic) bond motifs is 5. The van der Waals surface area contributed by atoms with Crippen molar-refractivity contribution in [3.63, 3.8) is 0 Å². The van der Waals surface area contributed by atoms with Crippen LogP contribution >= 0.6 is 0 Å². The molecular formula is C37H49N5O7. The van der Waals surface area contributed by atoms with Gasteiger partial charge in [-0.15, -0.1) is 0 Å².